The lowest BCUT2D eigenvalue weighted by atomic mass is 10.0. The van der Waals surface area contributed by atoms with Crippen LogP contribution < -0.4 is 10.6 Å². The Kier molecular flexibility index (Phi) is 8.33. The van der Waals surface area contributed by atoms with Crippen LogP contribution in [0.2, 0.25) is 0 Å². The molecule has 0 radical (unpaired) electrons. The summed E-state index contributed by atoms with van der Waals surface area (Å²) < 4.78 is 5.26. The Bertz CT molecular complexity index is 1110. The van der Waals surface area contributed by atoms with E-state index in [0.717, 1.165) is 32.9 Å². The van der Waals surface area contributed by atoms with Gasteiger partial charge in [0.2, 0.25) is 5.91 Å². The number of benzene rings is 2. The number of aromatic nitrogens is 1. The predicted octanol–water partition coefficient (Wildman–Crippen LogP) is 4.35. The van der Waals surface area contributed by atoms with E-state index in [-0.39, 0.29) is 11.9 Å². The number of anilines is 1. The number of nitrogens with one attached hydrogen (secondary N) is 3. The van der Waals surface area contributed by atoms with Crippen molar-refractivity contribution in [1.29, 1.82) is 0 Å². The fourth-order valence-electron chi connectivity index (χ4n) is 3.34. The van der Waals surface area contributed by atoms with Gasteiger partial charge >= 0.3 is 5.97 Å². The number of para-hydroxylation sites is 1. The lowest BCUT2D eigenvalue weighted by Gasteiger charge is -2.08. The second-order valence-corrected chi connectivity index (χ2v) is 7.92. The first-order chi connectivity index (χ1) is 15.5. The van der Waals surface area contributed by atoms with Crippen LogP contribution in [-0.2, 0) is 22.5 Å². The first-order valence-corrected chi connectivity index (χ1v) is 11.7. The third kappa shape index (κ3) is 6.13. The van der Waals surface area contributed by atoms with Crippen LogP contribution >= 0.6 is 11.8 Å². The maximum atomic E-state index is 12.6. The number of H-pyrrole nitrogens is 1. The van der Waals surface area contributed by atoms with Gasteiger partial charge in [-0.15, -0.1) is 0 Å². The number of aliphatic imine (C=N–C) groups is 1. The Morgan fingerprint density at radius 2 is 1.94 bits per heavy atom. The Balaban J connectivity index is 1.85. The lowest BCUT2D eigenvalue weighted by Crippen LogP contribution is -2.18. The summed E-state index contributed by atoms with van der Waals surface area (Å²) in [7, 11) is 0. The second-order valence-electron chi connectivity index (χ2n) is 7.12. The number of rotatable bonds is 8. The molecule has 0 aliphatic carbocycles. The van der Waals surface area contributed by atoms with Gasteiger partial charge in [-0.1, -0.05) is 36.0 Å². The van der Waals surface area contributed by atoms with Crippen molar-refractivity contribution in [2.75, 3.05) is 24.7 Å². The highest BCUT2D eigenvalue weighted by molar-refractivity contribution is 8.13. The fraction of sp³-hybridized carbons (Fsp3) is 0.292. The molecule has 0 aliphatic heterocycles. The second kappa shape index (κ2) is 11.4. The summed E-state index contributed by atoms with van der Waals surface area (Å²) in [6.07, 6.45) is 2.54. The molecule has 0 atom stereocenters. The zero-order valence-corrected chi connectivity index (χ0v) is 19.3. The van der Waals surface area contributed by atoms with Crippen molar-refractivity contribution in [3.8, 4) is 0 Å². The Labute approximate surface area is 192 Å². The molecule has 0 unspecified atom stereocenters. The maximum absolute atomic E-state index is 12.6. The number of hydrogen-bond acceptors (Lipinski definition) is 5. The summed E-state index contributed by atoms with van der Waals surface area (Å²) in [5.74, 6) is -0.463. The largest absolute Gasteiger partial charge is 0.461 e. The molecule has 0 spiro atoms. The highest BCUT2D eigenvalue weighted by Gasteiger charge is 2.19. The maximum Gasteiger partial charge on any atom is 0.355 e. The molecule has 3 rings (SSSR count). The summed E-state index contributed by atoms with van der Waals surface area (Å²) in [4.78, 5) is 31.7. The van der Waals surface area contributed by atoms with E-state index in [1.54, 1.807) is 6.92 Å². The predicted molar refractivity (Wildman–Crippen MR) is 131 cm³/mol. The molecule has 0 bridgehead atoms. The van der Waals surface area contributed by atoms with Crippen molar-refractivity contribution in [2.24, 2.45) is 4.99 Å². The van der Waals surface area contributed by atoms with Gasteiger partial charge in [-0.2, -0.15) is 0 Å². The average molecular weight is 453 g/mol. The molecular weight excluding hydrogens is 424 g/mol. The molecular formula is C24H28N4O3S. The first-order valence-electron chi connectivity index (χ1n) is 10.5. The molecule has 1 aromatic heterocycles. The van der Waals surface area contributed by atoms with Gasteiger partial charge in [-0.25, -0.2) is 4.79 Å². The molecule has 1 amide bonds. The summed E-state index contributed by atoms with van der Waals surface area (Å²) >= 11 is 1.54. The van der Waals surface area contributed by atoms with Crippen molar-refractivity contribution in [1.82, 2.24) is 10.3 Å². The number of amidine groups is 1. The Hall–Kier alpha value is -3.26. The third-order valence-corrected chi connectivity index (χ3v) is 5.45. The zero-order chi connectivity index (χ0) is 22.9. The average Bonchev–Trinajstić information content (AvgIpc) is 3.16. The van der Waals surface area contributed by atoms with Crippen molar-refractivity contribution in [2.45, 2.75) is 26.8 Å². The van der Waals surface area contributed by atoms with Crippen LogP contribution in [0.15, 0.2) is 53.5 Å². The van der Waals surface area contributed by atoms with Gasteiger partial charge in [0.25, 0.3) is 0 Å². The number of carbonyl (C=O) groups excluding carboxylic acids is 2. The van der Waals surface area contributed by atoms with Crippen molar-refractivity contribution in [3.05, 3.63) is 65.4 Å². The fourth-order valence-corrected chi connectivity index (χ4v) is 3.78. The van der Waals surface area contributed by atoms with Gasteiger partial charge in [0, 0.05) is 36.6 Å². The number of aromatic amines is 1. The highest BCUT2D eigenvalue weighted by Crippen LogP contribution is 2.25. The molecule has 8 heteroatoms. The number of ether oxygens (including phenoxy) is 1. The number of esters is 1. The molecule has 3 aromatic rings. The van der Waals surface area contributed by atoms with Crippen LogP contribution in [0.25, 0.3) is 10.9 Å². The van der Waals surface area contributed by atoms with Gasteiger partial charge in [0.05, 0.1) is 6.61 Å². The van der Waals surface area contributed by atoms with E-state index < -0.39 is 0 Å². The smallest absolute Gasteiger partial charge is 0.355 e. The minimum absolute atomic E-state index is 0.0866. The highest BCUT2D eigenvalue weighted by atomic mass is 32.2. The molecule has 0 saturated carbocycles. The number of fused-ring (bicyclic) bond motifs is 1. The Morgan fingerprint density at radius 3 is 2.62 bits per heavy atom. The van der Waals surface area contributed by atoms with Crippen molar-refractivity contribution >= 4 is 45.4 Å². The number of hydrogen-bond donors (Lipinski definition) is 3. The number of amides is 1. The number of nitrogens with zero attached hydrogens (tertiary/aromatic N) is 1. The van der Waals surface area contributed by atoms with E-state index in [0.29, 0.717) is 31.8 Å². The van der Waals surface area contributed by atoms with E-state index in [4.69, 9.17) is 9.73 Å². The van der Waals surface area contributed by atoms with Gasteiger partial charge in [-0.05, 0) is 55.0 Å². The quantitative estimate of drug-likeness (QED) is 0.268. The lowest BCUT2D eigenvalue weighted by molar-refractivity contribution is -0.119. The van der Waals surface area contributed by atoms with Gasteiger partial charge < -0.3 is 20.4 Å². The molecule has 0 fully saturated rings. The van der Waals surface area contributed by atoms with Crippen LogP contribution in [0.1, 0.15) is 35.5 Å². The van der Waals surface area contributed by atoms with Crippen LogP contribution in [0, 0.1) is 0 Å². The van der Waals surface area contributed by atoms with Crippen molar-refractivity contribution in [3.63, 3.8) is 0 Å². The molecule has 7 nitrogen and oxygen atoms in total. The molecule has 0 aliphatic rings. The molecule has 1 heterocycles. The summed E-state index contributed by atoms with van der Waals surface area (Å²) in [6.45, 7) is 4.52. The summed E-state index contributed by atoms with van der Waals surface area (Å²) in [6, 6.07) is 15.7. The third-order valence-electron chi connectivity index (χ3n) is 4.83. The monoisotopic (exact) mass is 452 g/mol. The van der Waals surface area contributed by atoms with Crippen LogP contribution in [0.5, 0.6) is 0 Å². The van der Waals surface area contributed by atoms with Gasteiger partial charge in [0.15, 0.2) is 5.17 Å². The summed E-state index contributed by atoms with van der Waals surface area (Å²) in [5.41, 5.74) is 4.11. The van der Waals surface area contributed by atoms with Crippen molar-refractivity contribution < 1.29 is 14.3 Å². The number of carbonyl (C=O) groups is 2. The normalized spacial score (nSPS) is 11.4. The van der Waals surface area contributed by atoms with Crippen LogP contribution in [0.3, 0.4) is 0 Å². The molecule has 0 saturated heterocycles. The Morgan fingerprint density at radius 1 is 1.16 bits per heavy atom. The van der Waals surface area contributed by atoms with Gasteiger partial charge in [-0.3, -0.25) is 9.79 Å². The van der Waals surface area contributed by atoms with Crippen LogP contribution in [-0.4, -0.2) is 41.4 Å². The molecule has 3 N–H and O–H groups in total. The molecule has 168 valence electrons. The standard InChI is InChI=1S/C24H28N4O3S/c1-4-31-23(30)22-19(12-13-25-24(32-3)27-18-8-6-5-7-9-18)20-14-17(15-26-16(2)29)10-11-21(20)28-22/h5-11,14,28H,4,12-13,15H2,1-3H3,(H,25,27)(H,26,29). The van der Waals surface area contributed by atoms with Crippen LogP contribution in [0.4, 0.5) is 5.69 Å². The van der Waals surface area contributed by atoms with E-state index in [2.05, 4.69) is 15.6 Å². The SMILES string of the molecule is CCOC(=O)c1[nH]c2ccc(CNC(C)=O)cc2c1CCN=C(Nc1ccccc1)SC. The summed E-state index contributed by atoms with van der Waals surface area (Å²) in [5, 5.41) is 7.87. The van der Waals surface area contributed by atoms with E-state index in [9.17, 15) is 9.59 Å². The van der Waals surface area contributed by atoms with E-state index in [1.165, 1.54) is 18.7 Å². The minimum Gasteiger partial charge on any atom is -0.461 e. The number of thioether (sulfide) groups is 1. The molecule has 2 aromatic carbocycles. The topological polar surface area (TPSA) is 95.6 Å². The first kappa shape index (κ1) is 23.4. The van der Waals surface area contributed by atoms with E-state index in [1.807, 2.05) is 54.8 Å². The van der Waals surface area contributed by atoms with E-state index >= 15 is 0 Å². The zero-order valence-electron chi connectivity index (χ0n) is 18.5. The van der Waals surface area contributed by atoms with Gasteiger partial charge in [0.1, 0.15) is 5.69 Å². The molecule has 32 heavy (non-hydrogen) atoms. The minimum atomic E-state index is -0.376.